The number of nitrogens with zero attached hydrogens (tertiary/aromatic N) is 4. The van der Waals surface area contributed by atoms with Crippen LogP contribution in [0.25, 0.3) is 5.69 Å². The Morgan fingerprint density at radius 3 is 2.67 bits per heavy atom. The fourth-order valence-electron chi connectivity index (χ4n) is 1.26. The molecule has 2 rings (SSSR count). The Kier molecular flexibility index (Phi) is 2.73. The fraction of sp³-hybridized carbons (Fsp3) is 0.300. The van der Waals surface area contributed by atoms with E-state index in [1.54, 1.807) is 0 Å². The first-order valence-electron chi connectivity index (χ1n) is 4.80. The molecule has 0 saturated heterocycles. The highest BCUT2D eigenvalue weighted by Gasteiger charge is 2.02. The molecule has 1 aromatic heterocycles. The molecule has 0 radical (unpaired) electrons. The second kappa shape index (κ2) is 4.18. The zero-order valence-electron chi connectivity index (χ0n) is 8.81. The van der Waals surface area contributed by atoms with Crippen LogP contribution in [0.15, 0.2) is 24.3 Å². The van der Waals surface area contributed by atoms with E-state index in [-0.39, 0.29) is 0 Å². The van der Waals surface area contributed by atoms with Gasteiger partial charge in [-0.15, -0.1) is 15.0 Å². The number of hydrogen-bond acceptors (Lipinski definition) is 4. The average Bonchev–Trinajstić information content (AvgIpc) is 2.68. The molecule has 0 atom stereocenters. The lowest BCUT2D eigenvalue weighted by Crippen LogP contribution is -2.07. The maximum atomic E-state index is 4.23. The lowest BCUT2D eigenvalue weighted by molar-refractivity contribution is 0.711. The first kappa shape index (κ1) is 9.79. The zero-order valence-corrected chi connectivity index (χ0v) is 8.81. The molecular weight excluding hydrogens is 190 g/mol. The molecule has 15 heavy (non-hydrogen) atoms. The minimum Gasteiger partial charge on any atom is -0.313 e. The minimum atomic E-state index is 0.631. The van der Waals surface area contributed by atoms with Gasteiger partial charge in [0.15, 0.2) is 5.82 Å². The molecule has 5 heteroatoms. The second-order valence-electron chi connectivity index (χ2n) is 3.36. The molecule has 0 aliphatic rings. The summed E-state index contributed by atoms with van der Waals surface area (Å²) in [5.74, 6) is 0.693. The summed E-state index contributed by atoms with van der Waals surface area (Å²) in [6.45, 7) is 2.68. The Morgan fingerprint density at radius 2 is 2.00 bits per heavy atom. The summed E-state index contributed by atoms with van der Waals surface area (Å²) in [7, 11) is 1.85. The van der Waals surface area contributed by atoms with Gasteiger partial charge < -0.3 is 5.32 Å². The maximum absolute atomic E-state index is 4.23. The third-order valence-corrected chi connectivity index (χ3v) is 2.05. The van der Waals surface area contributed by atoms with Crippen molar-refractivity contribution >= 4 is 0 Å². The number of hydrogen-bond donors (Lipinski definition) is 1. The summed E-state index contributed by atoms with van der Waals surface area (Å²) in [4.78, 5) is 1.53. The monoisotopic (exact) mass is 203 g/mol. The van der Waals surface area contributed by atoms with Crippen molar-refractivity contribution < 1.29 is 0 Å². The predicted octanol–water partition coefficient (Wildman–Crippen LogP) is 0.690. The van der Waals surface area contributed by atoms with Gasteiger partial charge in [0, 0.05) is 0 Å². The molecule has 0 aliphatic heterocycles. The minimum absolute atomic E-state index is 0.631. The molecule has 0 saturated carbocycles. The van der Waals surface area contributed by atoms with Crippen LogP contribution in [0.4, 0.5) is 0 Å². The Labute approximate surface area is 88.1 Å². The van der Waals surface area contributed by atoms with Gasteiger partial charge >= 0.3 is 0 Å². The number of nitrogens with one attached hydrogen (secondary N) is 1. The lowest BCUT2D eigenvalue weighted by Gasteiger charge is -1.97. The van der Waals surface area contributed by atoms with Crippen LogP contribution in [0.3, 0.4) is 0 Å². The predicted molar refractivity (Wildman–Crippen MR) is 56.7 cm³/mol. The summed E-state index contributed by atoms with van der Waals surface area (Å²) in [5.41, 5.74) is 2.14. The van der Waals surface area contributed by atoms with Gasteiger partial charge in [-0.25, -0.2) is 0 Å². The lowest BCUT2D eigenvalue weighted by atomic mass is 10.2. The quantitative estimate of drug-likeness (QED) is 0.797. The van der Waals surface area contributed by atoms with Crippen molar-refractivity contribution in [2.75, 3.05) is 7.05 Å². The molecule has 2 aromatic rings. The third kappa shape index (κ3) is 2.19. The number of tetrazole rings is 1. The van der Waals surface area contributed by atoms with E-state index in [0.29, 0.717) is 12.4 Å². The van der Waals surface area contributed by atoms with Gasteiger partial charge in [-0.05, 0) is 31.3 Å². The Hall–Kier alpha value is -1.75. The van der Waals surface area contributed by atoms with Crippen LogP contribution < -0.4 is 5.32 Å². The van der Waals surface area contributed by atoms with E-state index in [4.69, 9.17) is 0 Å². The highest BCUT2D eigenvalue weighted by Crippen LogP contribution is 2.05. The SMILES string of the molecule is CNCc1nnn(-c2ccc(C)cc2)n1. The van der Waals surface area contributed by atoms with Crippen molar-refractivity contribution in [2.24, 2.45) is 0 Å². The van der Waals surface area contributed by atoms with Gasteiger partial charge in [0.25, 0.3) is 0 Å². The van der Waals surface area contributed by atoms with Crippen molar-refractivity contribution in [3.63, 3.8) is 0 Å². The number of aromatic nitrogens is 4. The molecule has 0 amide bonds. The zero-order chi connectivity index (χ0) is 10.7. The summed E-state index contributed by atoms with van der Waals surface area (Å²) >= 11 is 0. The summed E-state index contributed by atoms with van der Waals surface area (Å²) in [5, 5.41) is 15.1. The molecule has 0 aliphatic carbocycles. The number of benzene rings is 1. The molecule has 0 fully saturated rings. The topological polar surface area (TPSA) is 55.6 Å². The smallest absolute Gasteiger partial charge is 0.188 e. The molecule has 1 heterocycles. The average molecular weight is 203 g/mol. The molecule has 0 spiro atoms. The first-order chi connectivity index (χ1) is 7.29. The van der Waals surface area contributed by atoms with Crippen LogP contribution in [0.5, 0.6) is 0 Å². The molecule has 5 nitrogen and oxygen atoms in total. The van der Waals surface area contributed by atoms with E-state index < -0.39 is 0 Å². The van der Waals surface area contributed by atoms with Gasteiger partial charge in [0.2, 0.25) is 0 Å². The molecule has 1 aromatic carbocycles. The van der Waals surface area contributed by atoms with Crippen LogP contribution in [0.2, 0.25) is 0 Å². The Morgan fingerprint density at radius 1 is 1.27 bits per heavy atom. The van der Waals surface area contributed by atoms with Gasteiger partial charge in [0.1, 0.15) is 0 Å². The van der Waals surface area contributed by atoms with Crippen molar-refractivity contribution in [2.45, 2.75) is 13.5 Å². The summed E-state index contributed by atoms with van der Waals surface area (Å²) < 4.78 is 0. The van der Waals surface area contributed by atoms with E-state index in [1.807, 2.05) is 38.2 Å². The van der Waals surface area contributed by atoms with Crippen LogP contribution in [-0.4, -0.2) is 27.3 Å². The molecule has 78 valence electrons. The number of aryl methyl sites for hydroxylation is 1. The van der Waals surface area contributed by atoms with E-state index in [9.17, 15) is 0 Å². The van der Waals surface area contributed by atoms with Crippen molar-refractivity contribution in [3.05, 3.63) is 35.7 Å². The highest BCUT2D eigenvalue weighted by atomic mass is 15.6. The normalized spacial score (nSPS) is 10.5. The van der Waals surface area contributed by atoms with Crippen LogP contribution >= 0.6 is 0 Å². The van der Waals surface area contributed by atoms with Gasteiger partial charge in [-0.2, -0.15) is 0 Å². The standard InChI is InChI=1S/C10H13N5/c1-8-3-5-9(6-4-8)15-13-10(7-11-2)12-14-15/h3-6,11H,7H2,1-2H3. The maximum Gasteiger partial charge on any atom is 0.188 e. The Bertz CT molecular complexity index is 431. The highest BCUT2D eigenvalue weighted by molar-refractivity contribution is 5.31. The molecular formula is C10H13N5. The van der Waals surface area contributed by atoms with Crippen molar-refractivity contribution in [1.29, 1.82) is 0 Å². The Balaban J connectivity index is 2.25. The van der Waals surface area contributed by atoms with Crippen LogP contribution in [0.1, 0.15) is 11.4 Å². The second-order valence-corrected chi connectivity index (χ2v) is 3.36. The van der Waals surface area contributed by atoms with Gasteiger partial charge in [0.05, 0.1) is 12.2 Å². The van der Waals surface area contributed by atoms with Gasteiger partial charge in [-0.1, -0.05) is 17.7 Å². The molecule has 1 N–H and O–H groups in total. The first-order valence-corrected chi connectivity index (χ1v) is 4.80. The summed E-state index contributed by atoms with van der Waals surface area (Å²) in [6, 6.07) is 7.99. The van der Waals surface area contributed by atoms with E-state index in [2.05, 4.69) is 20.7 Å². The fourth-order valence-corrected chi connectivity index (χ4v) is 1.26. The van der Waals surface area contributed by atoms with Crippen LogP contribution in [-0.2, 0) is 6.54 Å². The van der Waals surface area contributed by atoms with Crippen molar-refractivity contribution in [3.8, 4) is 5.69 Å². The largest absolute Gasteiger partial charge is 0.313 e. The number of rotatable bonds is 3. The van der Waals surface area contributed by atoms with Gasteiger partial charge in [-0.3, -0.25) is 0 Å². The molecule has 0 unspecified atom stereocenters. The molecule has 0 bridgehead atoms. The van der Waals surface area contributed by atoms with E-state index in [0.717, 1.165) is 5.69 Å². The van der Waals surface area contributed by atoms with E-state index in [1.165, 1.54) is 10.4 Å². The van der Waals surface area contributed by atoms with Crippen LogP contribution in [0, 0.1) is 6.92 Å². The third-order valence-electron chi connectivity index (χ3n) is 2.05. The van der Waals surface area contributed by atoms with E-state index >= 15 is 0 Å². The summed E-state index contributed by atoms with van der Waals surface area (Å²) in [6.07, 6.45) is 0. The van der Waals surface area contributed by atoms with Crippen molar-refractivity contribution in [1.82, 2.24) is 25.5 Å².